The maximum Gasteiger partial charge on any atom is 0.307 e. The van der Waals surface area contributed by atoms with Crippen LogP contribution < -0.4 is 5.32 Å². The highest BCUT2D eigenvalue weighted by molar-refractivity contribution is 5.98. The molecule has 2 unspecified atom stereocenters. The van der Waals surface area contributed by atoms with Crippen LogP contribution in [0.4, 0.5) is 5.69 Å². The van der Waals surface area contributed by atoms with Gasteiger partial charge in [-0.1, -0.05) is 18.2 Å². The highest BCUT2D eigenvalue weighted by Crippen LogP contribution is 2.39. The first-order valence-corrected chi connectivity index (χ1v) is 4.77. The van der Waals surface area contributed by atoms with Gasteiger partial charge in [0.15, 0.2) is 0 Å². The van der Waals surface area contributed by atoms with Crippen LogP contribution >= 0.6 is 0 Å². The summed E-state index contributed by atoms with van der Waals surface area (Å²) < 4.78 is 0. The molecule has 0 bridgehead atoms. The molecular weight excluding hydrogens is 194 g/mol. The van der Waals surface area contributed by atoms with E-state index in [0.717, 1.165) is 0 Å². The number of benzene rings is 1. The molecule has 0 heterocycles. The molecule has 1 amide bonds. The smallest absolute Gasteiger partial charge is 0.307 e. The van der Waals surface area contributed by atoms with Crippen LogP contribution in [-0.4, -0.2) is 17.0 Å². The van der Waals surface area contributed by atoms with Crippen molar-refractivity contribution in [2.45, 2.75) is 6.42 Å². The van der Waals surface area contributed by atoms with Crippen LogP contribution in [0.25, 0.3) is 0 Å². The summed E-state index contributed by atoms with van der Waals surface area (Å²) in [5.41, 5.74) is 0.707. The van der Waals surface area contributed by atoms with Gasteiger partial charge in [0.1, 0.15) is 0 Å². The molecule has 1 aliphatic rings. The van der Waals surface area contributed by atoms with Gasteiger partial charge in [-0.15, -0.1) is 0 Å². The van der Waals surface area contributed by atoms with Gasteiger partial charge in [-0.25, -0.2) is 0 Å². The number of carbonyl (C=O) groups is 2. The molecule has 0 saturated heterocycles. The summed E-state index contributed by atoms with van der Waals surface area (Å²) in [6.07, 6.45) is 0.452. The number of rotatable bonds is 3. The molecule has 1 aliphatic carbocycles. The van der Waals surface area contributed by atoms with Gasteiger partial charge in [-0.3, -0.25) is 9.59 Å². The Bertz CT molecular complexity index is 388. The monoisotopic (exact) mass is 205 g/mol. The van der Waals surface area contributed by atoms with Gasteiger partial charge in [-0.05, 0) is 18.6 Å². The second kappa shape index (κ2) is 3.73. The molecule has 0 spiro atoms. The number of carboxylic acids is 1. The summed E-state index contributed by atoms with van der Waals surface area (Å²) in [5.74, 6) is -1.94. The second-order valence-corrected chi connectivity index (χ2v) is 3.64. The molecule has 1 fully saturated rings. The highest BCUT2D eigenvalue weighted by atomic mass is 16.4. The quantitative estimate of drug-likeness (QED) is 0.782. The van der Waals surface area contributed by atoms with E-state index in [1.54, 1.807) is 12.1 Å². The Morgan fingerprint density at radius 2 is 1.87 bits per heavy atom. The number of amides is 1. The Labute approximate surface area is 86.9 Å². The summed E-state index contributed by atoms with van der Waals surface area (Å²) in [5, 5.41) is 11.3. The number of hydrogen-bond acceptors (Lipinski definition) is 2. The zero-order valence-electron chi connectivity index (χ0n) is 8.01. The predicted molar refractivity (Wildman–Crippen MR) is 54.3 cm³/mol. The molecular formula is C11H11NO3. The molecule has 15 heavy (non-hydrogen) atoms. The van der Waals surface area contributed by atoms with Gasteiger partial charge >= 0.3 is 5.97 Å². The van der Waals surface area contributed by atoms with Crippen molar-refractivity contribution in [2.75, 3.05) is 5.32 Å². The van der Waals surface area contributed by atoms with E-state index in [-0.39, 0.29) is 11.8 Å². The van der Waals surface area contributed by atoms with Crippen molar-refractivity contribution < 1.29 is 14.7 Å². The Morgan fingerprint density at radius 3 is 2.40 bits per heavy atom. The van der Waals surface area contributed by atoms with Gasteiger partial charge in [0.25, 0.3) is 0 Å². The van der Waals surface area contributed by atoms with E-state index in [2.05, 4.69) is 5.32 Å². The molecule has 4 nitrogen and oxygen atoms in total. The fourth-order valence-electron chi connectivity index (χ4n) is 1.51. The first-order chi connectivity index (χ1) is 7.18. The van der Waals surface area contributed by atoms with Crippen molar-refractivity contribution in [2.24, 2.45) is 11.8 Å². The van der Waals surface area contributed by atoms with Gasteiger partial charge in [0.2, 0.25) is 5.91 Å². The number of carboxylic acid groups (broad SMARTS) is 1. The van der Waals surface area contributed by atoms with Gasteiger partial charge < -0.3 is 10.4 Å². The molecule has 78 valence electrons. The molecule has 1 aromatic rings. The lowest BCUT2D eigenvalue weighted by molar-refractivity contribution is -0.139. The van der Waals surface area contributed by atoms with Gasteiger partial charge in [-0.2, -0.15) is 0 Å². The predicted octanol–water partition coefficient (Wildman–Crippen LogP) is 1.35. The molecule has 0 radical (unpaired) electrons. The number of hydrogen-bond donors (Lipinski definition) is 2. The van der Waals surface area contributed by atoms with E-state index in [0.29, 0.717) is 12.1 Å². The van der Waals surface area contributed by atoms with Crippen molar-refractivity contribution >= 4 is 17.6 Å². The van der Waals surface area contributed by atoms with Crippen molar-refractivity contribution in [1.29, 1.82) is 0 Å². The third-order valence-electron chi connectivity index (χ3n) is 2.49. The molecule has 1 saturated carbocycles. The van der Waals surface area contributed by atoms with Gasteiger partial charge in [0.05, 0.1) is 11.8 Å². The third kappa shape index (κ3) is 2.15. The fourth-order valence-corrected chi connectivity index (χ4v) is 1.51. The zero-order chi connectivity index (χ0) is 10.8. The lowest BCUT2D eigenvalue weighted by Gasteiger charge is -2.02. The maximum absolute atomic E-state index is 11.5. The first-order valence-electron chi connectivity index (χ1n) is 4.77. The maximum atomic E-state index is 11.5. The minimum absolute atomic E-state index is 0.200. The van der Waals surface area contributed by atoms with Crippen molar-refractivity contribution in [3.8, 4) is 0 Å². The minimum atomic E-state index is -0.886. The van der Waals surface area contributed by atoms with Crippen LogP contribution in [0, 0.1) is 11.8 Å². The number of aliphatic carboxylic acids is 1. The number of nitrogens with one attached hydrogen (secondary N) is 1. The summed E-state index contributed by atoms with van der Waals surface area (Å²) in [6, 6.07) is 9.04. The van der Waals surface area contributed by atoms with Crippen LogP contribution in [0.5, 0.6) is 0 Å². The fraction of sp³-hybridized carbons (Fsp3) is 0.273. The van der Waals surface area contributed by atoms with E-state index < -0.39 is 11.9 Å². The third-order valence-corrected chi connectivity index (χ3v) is 2.49. The van der Waals surface area contributed by atoms with Crippen LogP contribution in [0.2, 0.25) is 0 Å². The van der Waals surface area contributed by atoms with Crippen LogP contribution in [0.15, 0.2) is 30.3 Å². The summed E-state index contributed by atoms with van der Waals surface area (Å²) in [4.78, 5) is 22.1. The number of anilines is 1. The van der Waals surface area contributed by atoms with Crippen LogP contribution in [0.3, 0.4) is 0 Å². The Morgan fingerprint density at radius 1 is 1.20 bits per heavy atom. The van der Waals surface area contributed by atoms with E-state index in [1.165, 1.54) is 0 Å². The molecule has 4 heteroatoms. The molecule has 1 aromatic carbocycles. The van der Waals surface area contributed by atoms with E-state index in [1.807, 2.05) is 18.2 Å². The second-order valence-electron chi connectivity index (χ2n) is 3.64. The molecule has 2 rings (SSSR count). The number of para-hydroxylation sites is 1. The Kier molecular flexibility index (Phi) is 2.41. The Hall–Kier alpha value is -1.84. The number of carbonyl (C=O) groups excluding carboxylic acids is 1. The topological polar surface area (TPSA) is 66.4 Å². The van der Waals surface area contributed by atoms with Crippen molar-refractivity contribution in [3.63, 3.8) is 0 Å². The highest BCUT2D eigenvalue weighted by Gasteiger charge is 2.48. The summed E-state index contributed by atoms with van der Waals surface area (Å²) in [7, 11) is 0. The van der Waals surface area contributed by atoms with Crippen LogP contribution in [0.1, 0.15) is 6.42 Å². The molecule has 2 N–H and O–H groups in total. The van der Waals surface area contributed by atoms with E-state index in [4.69, 9.17) is 5.11 Å². The van der Waals surface area contributed by atoms with E-state index >= 15 is 0 Å². The SMILES string of the molecule is O=C(O)C1CC1C(=O)Nc1ccccc1. The largest absolute Gasteiger partial charge is 0.481 e. The Balaban J connectivity index is 1.92. The summed E-state index contributed by atoms with van der Waals surface area (Å²) >= 11 is 0. The standard InChI is InChI=1S/C11H11NO3/c13-10(8-6-9(8)11(14)15)12-7-4-2-1-3-5-7/h1-5,8-9H,6H2,(H,12,13)(H,14,15). The lowest BCUT2D eigenvalue weighted by atomic mass is 10.2. The van der Waals surface area contributed by atoms with Crippen molar-refractivity contribution in [1.82, 2.24) is 0 Å². The van der Waals surface area contributed by atoms with Crippen molar-refractivity contribution in [3.05, 3.63) is 30.3 Å². The van der Waals surface area contributed by atoms with Crippen LogP contribution in [-0.2, 0) is 9.59 Å². The zero-order valence-corrected chi connectivity index (χ0v) is 8.01. The molecule has 0 aliphatic heterocycles. The first kappa shape index (κ1) is 9.71. The lowest BCUT2D eigenvalue weighted by Crippen LogP contribution is -2.16. The van der Waals surface area contributed by atoms with E-state index in [9.17, 15) is 9.59 Å². The average Bonchev–Trinajstić information content (AvgIpc) is 2.98. The summed E-state index contributed by atoms with van der Waals surface area (Å²) in [6.45, 7) is 0. The molecule has 0 aromatic heterocycles. The minimum Gasteiger partial charge on any atom is -0.481 e. The normalized spacial score (nSPS) is 23.2. The average molecular weight is 205 g/mol. The van der Waals surface area contributed by atoms with Gasteiger partial charge in [0, 0.05) is 5.69 Å². The molecule has 2 atom stereocenters.